The van der Waals surface area contributed by atoms with Crippen molar-refractivity contribution in [2.24, 2.45) is 5.41 Å². The van der Waals surface area contributed by atoms with Crippen molar-refractivity contribution in [3.05, 3.63) is 35.4 Å². The Bertz CT molecular complexity index is 499. The monoisotopic (exact) mass is 318 g/mol. The lowest BCUT2D eigenvalue weighted by Gasteiger charge is -2.40. The van der Waals surface area contributed by atoms with E-state index in [4.69, 9.17) is 0 Å². The van der Waals surface area contributed by atoms with Crippen molar-refractivity contribution in [2.45, 2.75) is 52.5 Å². The maximum atomic E-state index is 12.4. The Morgan fingerprint density at radius 2 is 1.87 bits per heavy atom. The molecular formula is C19H30N2O2. The molecule has 1 atom stereocenters. The number of nitrogens with zero attached hydrogens (tertiary/aromatic N) is 1. The fourth-order valence-electron chi connectivity index (χ4n) is 3.21. The first-order chi connectivity index (χ1) is 11.0. The molecule has 0 spiro atoms. The molecule has 2 rings (SSSR count). The summed E-state index contributed by atoms with van der Waals surface area (Å²) >= 11 is 0. The van der Waals surface area contributed by atoms with Crippen LogP contribution in [0.1, 0.15) is 57.2 Å². The Morgan fingerprint density at radius 1 is 1.26 bits per heavy atom. The van der Waals surface area contributed by atoms with Gasteiger partial charge < -0.3 is 15.3 Å². The Labute approximate surface area is 139 Å². The lowest BCUT2D eigenvalue weighted by atomic mass is 9.77. The van der Waals surface area contributed by atoms with E-state index in [2.05, 4.69) is 43.4 Å². The molecule has 0 saturated carbocycles. The topological polar surface area (TPSA) is 52.6 Å². The minimum Gasteiger partial charge on any atom is -0.396 e. The Kier molecular flexibility index (Phi) is 6.05. The van der Waals surface area contributed by atoms with Gasteiger partial charge in [0.05, 0.1) is 6.04 Å². The maximum Gasteiger partial charge on any atom is 0.317 e. The molecule has 128 valence electrons. The van der Waals surface area contributed by atoms with E-state index in [-0.39, 0.29) is 24.1 Å². The molecule has 0 aliphatic carbocycles. The van der Waals surface area contributed by atoms with Crippen molar-refractivity contribution in [3.63, 3.8) is 0 Å². The largest absolute Gasteiger partial charge is 0.396 e. The second kappa shape index (κ2) is 7.82. The normalized spacial score (nSPS) is 18.5. The maximum absolute atomic E-state index is 12.4. The van der Waals surface area contributed by atoms with E-state index in [1.807, 2.05) is 11.8 Å². The average Bonchev–Trinajstić information content (AvgIpc) is 2.61. The molecule has 23 heavy (non-hydrogen) atoms. The van der Waals surface area contributed by atoms with E-state index in [1.165, 1.54) is 5.56 Å². The van der Waals surface area contributed by atoms with Crippen LogP contribution in [-0.2, 0) is 6.42 Å². The van der Waals surface area contributed by atoms with Gasteiger partial charge in [-0.15, -0.1) is 0 Å². The van der Waals surface area contributed by atoms with Gasteiger partial charge in [0.1, 0.15) is 0 Å². The number of nitrogens with one attached hydrogen (secondary N) is 1. The first kappa shape index (κ1) is 17.8. The molecule has 1 aliphatic heterocycles. The molecule has 0 radical (unpaired) electrons. The summed E-state index contributed by atoms with van der Waals surface area (Å²) in [7, 11) is 0. The van der Waals surface area contributed by atoms with E-state index in [9.17, 15) is 9.90 Å². The van der Waals surface area contributed by atoms with E-state index in [0.29, 0.717) is 0 Å². The van der Waals surface area contributed by atoms with Crippen LogP contribution in [0.15, 0.2) is 24.3 Å². The average molecular weight is 318 g/mol. The van der Waals surface area contributed by atoms with Crippen LogP contribution in [0.3, 0.4) is 0 Å². The molecule has 4 nitrogen and oxygen atoms in total. The number of piperidine rings is 1. The number of benzene rings is 1. The van der Waals surface area contributed by atoms with Gasteiger partial charge in [0.15, 0.2) is 0 Å². The van der Waals surface area contributed by atoms with Crippen LogP contribution in [0.4, 0.5) is 4.79 Å². The fraction of sp³-hybridized carbons (Fsp3) is 0.632. The Morgan fingerprint density at radius 3 is 2.35 bits per heavy atom. The van der Waals surface area contributed by atoms with Crippen molar-refractivity contribution in [1.82, 2.24) is 10.2 Å². The SMILES string of the molecule is CCc1ccc(C(C)NC(=O)N2CCC(CC)(CO)CC2)cc1. The van der Waals surface area contributed by atoms with Crippen molar-refractivity contribution in [3.8, 4) is 0 Å². The van der Waals surface area contributed by atoms with E-state index in [0.717, 1.165) is 44.3 Å². The van der Waals surface area contributed by atoms with Crippen molar-refractivity contribution >= 4 is 6.03 Å². The van der Waals surface area contributed by atoms with Gasteiger partial charge in [0.2, 0.25) is 0 Å². The summed E-state index contributed by atoms with van der Waals surface area (Å²) in [5, 5.41) is 12.7. The molecule has 2 N–H and O–H groups in total. The highest BCUT2D eigenvalue weighted by atomic mass is 16.3. The molecular weight excluding hydrogens is 288 g/mol. The molecule has 0 bridgehead atoms. The second-order valence-electron chi connectivity index (χ2n) is 6.77. The van der Waals surface area contributed by atoms with Gasteiger partial charge >= 0.3 is 6.03 Å². The predicted molar refractivity (Wildman–Crippen MR) is 93.4 cm³/mol. The zero-order valence-electron chi connectivity index (χ0n) is 14.6. The van der Waals surface area contributed by atoms with Crippen LogP contribution in [-0.4, -0.2) is 35.7 Å². The lowest BCUT2D eigenvalue weighted by Crippen LogP contribution is -2.48. The van der Waals surface area contributed by atoms with Gasteiger partial charge in [-0.2, -0.15) is 0 Å². The summed E-state index contributed by atoms with van der Waals surface area (Å²) in [6.45, 7) is 7.95. The highest BCUT2D eigenvalue weighted by molar-refractivity contribution is 5.74. The number of hydrogen-bond donors (Lipinski definition) is 2. The number of aliphatic hydroxyl groups is 1. The molecule has 1 aromatic carbocycles. The molecule has 2 amide bonds. The van der Waals surface area contributed by atoms with Gasteiger partial charge in [-0.3, -0.25) is 0 Å². The second-order valence-corrected chi connectivity index (χ2v) is 6.77. The quantitative estimate of drug-likeness (QED) is 0.873. The molecule has 0 aromatic heterocycles. The van der Waals surface area contributed by atoms with Gasteiger partial charge in [-0.25, -0.2) is 4.79 Å². The zero-order valence-corrected chi connectivity index (χ0v) is 14.6. The van der Waals surface area contributed by atoms with E-state index >= 15 is 0 Å². The van der Waals surface area contributed by atoms with Crippen LogP contribution in [0.25, 0.3) is 0 Å². The first-order valence-corrected chi connectivity index (χ1v) is 8.78. The fourth-order valence-corrected chi connectivity index (χ4v) is 3.21. The van der Waals surface area contributed by atoms with Crippen molar-refractivity contribution in [1.29, 1.82) is 0 Å². The summed E-state index contributed by atoms with van der Waals surface area (Å²) in [4.78, 5) is 14.3. The summed E-state index contributed by atoms with van der Waals surface area (Å²) in [6.07, 6.45) is 3.76. The summed E-state index contributed by atoms with van der Waals surface area (Å²) in [5.41, 5.74) is 2.45. The summed E-state index contributed by atoms with van der Waals surface area (Å²) in [5.74, 6) is 0. The number of carbonyl (C=O) groups excluding carboxylic acids is 1. The number of aryl methyl sites for hydroxylation is 1. The molecule has 1 fully saturated rings. The van der Waals surface area contributed by atoms with Crippen molar-refractivity contribution in [2.75, 3.05) is 19.7 Å². The minimum absolute atomic E-state index is 0.000268. The number of rotatable bonds is 5. The van der Waals surface area contributed by atoms with E-state index < -0.39 is 0 Å². The van der Waals surface area contributed by atoms with Gasteiger partial charge in [0.25, 0.3) is 0 Å². The zero-order chi connectivity index (χ0) is 16.9. The lowest BCUT2D eigenvalue weighted by molar-refractivity contribution is 0.0516. The Hall–Kier alpha value is -1.55. The molecule has 1 heterocycles. The molecule has 1 aromatic rings. The van der Waals surface area contributed by atoms with E-state index in [1.54, 1.807) is 0 Å². The highest BCUT2D eigenvalue weighted by Gasteiger charge is 2.34. The van der Waals surface area contributed by atoms with Gasteiger partial charge in [0, 0.05) is 19.7 Å². The predicted octanol–water partition coefficient (Wildman–Crippen LogP) is 3.50. The van der Waals surface area contributed by atoms with Crippen LogP contribution in [0.5, 0.6) is 0 Å². The van der Waals surface area contributed by atoms with Gasteiger partial charge in [-0.05, 0) is 49.1 Å². The van der Waals surface area contributed by atoms with Crippen LogP contribution in [0, 0.1) is 5.41 Å². The highest BCUT2D eigenvalue weighted by Crippen LogP contribution is 2.34. The van der Waals surface area contributed by atoms with Gasteiger partial charge in [-0.1, -0.05) is 38.1 Å². The van der Waals surface area contributed by atoms with Crippen LogP contribution < -0.4 is 5.32 Å². The van der Waals surface area contributed by atoms with Crippen LogP contribution in [0.2, 0.25) is 0 Å². The number of amides is 2. The molecule has 1 unspecified atom stereocenters. The standard InChI is InChI=1S/C19H30N2O2/c1-4-16-6-8-17(9-7-16)15(3)20-18(23)21-12-10-19(5-2,14-22)11-13-21/h6-9,15,22H,4-5,10-14H2,1-3H3,(H,20,23). The number of urea groups is 1. The Balaban J connectivity index is 1.89. The number of carbonyl (C=O) groups is 1. The number of likely N-dealkylation sites (tertiary alicyclic amines) is 1. The number of aliphatic hydroxyl groups excluding tert-OH is 1. The molecule has 1 saturated heterocycles. The van der Waals surface area contributed by atoms with Crippen LogP contribution >= 0.6 is 0 Å². The van der Waals surface area contributed by atoms with Crippen molar-refractivity contribution < 1.29 is 9.90 Å². The molecule has 4 heteroatoms. The third-order valence-corrected chi connectivity index (χ3v) is 5.42. The molecule has 1 aliphatic rings. The first-order valence-electron chi connectivity index (χ1n) is 8.78. The number of hydrogen-bond acceptors (Lipinski definition) is 2. The smallest absolute Gasteiger partial charge is 0.317 e. The third-order valence-electron chi connectivity index (χ3n) is 5.42. The third kappa shape index (κ3) is 4.25. The minimum atomic E-state index is -0.000268. The summed E-state index contributed by atoms with van der Waals surface area (Å²) < 4.78 is 0. The summed E-state index contributed by atoms with van der Waals surface area (Å²) in [6, 6.07) is 8.43.